The van der Waals surface area contributed by atoms with Gasteiger partial charge >= 0.3 is 24.2 Å². The summed E-state index contributed by atoms with van der Waals surface area (Å²) in [6.45, 7) is 17.8. The average Bonchev–Trinajstić information content (AvgIpc) is 1.65. The van der Waals surface area contributed by atoms with Crippen LogP contribution < -0.4 is 24.3 Å². The van der Waals surface area contributed by atoms with Gasteiger partial charge in [-0.2, -0.15) is 18.4 Å². The molecule has 26 nitrogen and oxygen atoms in total. The number of hydrogen-bond acceptors (Lipinski definition) is 23. The van der Waals surface area contributed by atoms with Crippen molar-refractivity contribution in [2.24, 2.45) is 76.4 Å². The number of carbonyl (C=O) groups is 5. The van der Waals surface area contributed by atoms with Crippen LogP contribution in [0.2, 0.25) is 0 Å². The number of cyclic esters (lactones) is 1. The smallest absolute Gasteiger partial charge is 0.427 e. The molecule has 10 N–H and O–H groups in total. The lowest BCUT2D eigenvalue weighted by Crippen LogP contribution is -2.44. The zero-order valence-corrected chi connectivity index (χ0v) is 81.7. The number of aromatic nitrogens is 4. The molecule has 1 aliphatic heterocycles. The predicted molar refractivity (Wildman–Crippen MR) is 506 cm³/mol. The number of carbonyl (C=O) groups excluding carboxylic acids is 5. The number of aliphatic hydroxyl groups is 8. The molecule has 2 heterocycles. The van der Waals surface area contributed by atoms with E-state index >= 15 is 0 Å². The molecule has 8 aliphatic carbocycles. The number of nitrogens with zero attached hydrogens (tertiary/aromatic N) is 4. The molecule has 29 heteroatoms. The zero-order chi connectivity index (χ0) is 97.3. The Morgan fingerprint density at radius 2 is 0.807 bits per heavy atom. The lowest BCUT2D eigenvalue weighted by atomic mass is 9.73. The first kappa shape index (κ1) is 107. The van der Waals surface area contributed by atoms with Crippen molar-refractivity contribution >= 4 is 35.8 Å². The minimum absolute atomic E-state index is 0.0911. The Morgan fingerprint density at radius 3 is 1.11 bits per heavy atom. The van der Waals surface area contributed by atoms with Crippen LogP contribution in [0.5, 0.6) is 23.0 Å². The van der Waals surface area contributed by atoms with E-state index in [0.29, 0.717) is 72.2 Å². The topological polar surface area (TPSA) is 382 Å². The second-order valence-electron chi connectivity index (χ2n) is 41.8. The van der Waals surface area contributed by atoms with Gasteiger partial charge in [0.1, 0.15) is 35.7 Å². The van der Waals surface area contributed by atoms with Crippen LogP contribution in [0.1, 0.15) is 294 Å². The van der Waals surface area contributed by atoms with Gasteiger partial charge in [-0.1, -0.05) is 179 Å². The predicted octanol–water partition coefficient (Wildman–Crippen LogP) is 17.0. The highest BCUT2D eigenvalue weighted by Gasteiger charge is 2.53. The quantitative estimate of drug-likeness (QED) is 0.00984. The summed E-state index contributed by atoms with van der Waals surface area (Å²) in [5, 5.41) is 100. The van der Waals surface area contributed by atoms with E-state index in [1.165, 1.54) is 35.1 Å². The molecule has 135 heavy (non-hydrogen) atoms. The summed E-state index contributed by atoms with van der Waals surface area (Å²) in [6.07, 6.45) is 25.0. The van der Waals surface area contributed by atoms with E-state index in [4.69, 9.17) is 28.4 Å². The molecule has 4 saturated carbocycles. The highest BCUT2D eigenvalue weighted by molar-refractivity contribution is 5.93. The van der Waals surface area contributed by atoms with Crippen LogP contribution >= 0.6 is 0 Å². The Bertz CT molecular complexity index is 4530. The number of hydrogen-bond donors (Lipinski definition) is 10. The number of tetrazole rings is 1. The monoisotopic (exact) mass is 1890 g/mol. The van der Waals surface area contributed by atoms with E-state index < -0.39 is 42.5 Å². The molecule has 5 fully saturated rings. The number of esters is 2. The number of imide groups is 1. The van der Waals surface area contributed by atoms with E-state index in [1.807, 2.05) is 76.2 Å². The second kappa shape index (κ2) is 51.2. The van der Waals surface area contributed by atoms with Gasteiger partial charge in [0.05, 0.1) is 55.4 Å². The summed E-state index contributed by atoms with van der Waals surface area (Å²) in [5.41, 5.74) is 6.46. The Balaban J connectivity index is 0.000000173. The van der Waals surface area contributed by atoms with Crippen molar-refractivity contribution in [2.75, 3.05) is 44.9 Å². The second-order valence-corrected chi connectivity index (χ2v) is 41.8. The SMILES string of the molecule is CCCCC[C@H](O)CC[C@@H]1[C@H]2Cc3cccc(OCC(=O)N4CCOC4=O)c3C[C@H]2C[C@H]1O.CCCCC[C@H](O)CC[C@@H]1[C@H]2Cc3cccc(OCC(=O)Nc4nn[nH]n4)c3C[C@H]2C[C@H]1O.CCCCC[C@H](O)CC[C@@H]1[C@H]2Cc3cccc(OCC(=O)OC(C)(C)C(F)(F)F)c3C[C@H]2C[C@H]1O.CCCCC[C@H](O)CC[C@@H]1[C@H]2Cc3cccc(OCC(=O)O[C@@H](C)C(C)(C)C)c3C[C@H]2C[C@H]1O. The first-order chi connectivity index (χ1) is 64.5. The number of amides is 3. The van der Waals surface area contributed by atoms with Crippen LogP contribution in [-0.4, -0.2) is 203 Å². The number of aromatic amines is 1. The van der Waals surface area contributed by atoms with Gasteiger partial charge in [0.2, 0.25) is 5.60 Å². The molecule has 0 bridgehead atoms. The van der Waals surface area contributed by atoms with Crippen LogP contribution in [-0.2, 0) is 84.8 Å². The van der Waals surface area contributed by atoms with Crippen LogP contribution in [0.15, 0.2) is 72.8 Å². The maximum Gasteiger partial charge on any atom is 0.427 e. The largest absolute Gasteiger partial charge is 0.483 e. The van der Waals surface area contributed by atoms with Crippen molar-refractivity contribution in [3.05, 3.63) is 117 Å². The first-order valence-electron chi connectivity index (χ1n) is 50.9. The third-order valence-electron chi connectivity index (χ3n) is 30.9. The number of ether oxygens (including phenoxy) is 7. The number of rotatable bonds is 43. The lowest BCUT2D eigenvalue weighted by molar-refractivity contribution is -0.257. The normalized spacial score (nSPS) is 25.7. The maximum atomic E-state index is 13.0. The number of aliphatic hydroxyl groups excluding tert-OH is 8. The molecular formula is C106H157F3N6O20. The minimum Gasteiger partial charge on any atom is -0.483 e. The Morgan fingerprint density at radius 1 is 0.474 bits per heavy atom. The summed E-state index contributed by atoms with van der Waals surface area (Å²) in [5.74, 6) is 4.49. The average molecular weight is 1890 g/mol. The van der Waals surface area contributed by atoms with Crippen LogP contribution in [0, 0.1) is 76.4 Å². The third-order valence-corrected chi connectivity index (χ3v) is 30.9. The molecule has 5 aromatic rings. The minimum atomic E-state index is -4.67. The summed E-state index contributed by atoms with van der Waals surface area (Å²) >= 11 is 0. The molecule has 14 rings (SSSR count). The molecule has 9 aliphatic rings. The summed E-state index contributed by atoms with van der Waals surface area (Å²) in [4.78, 5) is 61.5. The van der Waals surface area contributed by atoms with Crippen LogP contribution in [0.25, 0.3) is 0 Å². The number of unbranched alkanes of at least 4 members (excludes halogenated alkanes) is 8. The number of benzene rings is 4. The highest BCUT2D eigenvalue weighted by atomic mass is 19.4. The zero-order valence-electron chi connectivity index (χ0n) is 81.7. The number of alkyl halides is 3. The number of halogens is 3. The summed E-state index contributed by atoms with van der Waals surface area (Å²) in [7, 11) is 0. The molecule has 21 atom stereocenters. The number of nitrogens with one attached hydrogen (secondary N) is 2. The molecule has 0 unspecified atom stereocenters. The molecule has 752 valence electrons. The van der Waals surface area contributed by atoms with Crippen molar-refractivity contribution < 1.29 is 111 Å². The molecule has 0 spiro atoms. The fourth-order valence-corrected chi connectivity index (χ4v) is 22.8. The van der Waals surface area contributed by atoms with Gasteiger partial charge in [0.25, 0.3) is 17.8 Å². The number of anilines is 1. The molecule has 4 aromatic carbocycles. The van der Waals surface area contributed by atoms with Gasteiger partial charge in [-0.05, 0) is 325 Å². The molecule has 3 amide bonds. The molecule has 1 aromatic heterocycles. The Kier molecular flexibility index (Phi) is 40.8. The van der Waals surface area contributed by atoms with Crippen molar-refractivity contribution in [3.63, 3.8) is 0 Å². The van der Waals surface area contributed by atoms with Gasteiger partial charge in [-0.15, -0.1) is 5.10 Å². The van der Waals surface area contributed by atoms with Gasteiger partial charge < -0.3 is 74.0 Å². The Labute approximate surface area is 797 Å². The molecular weight excluding hydrogens is 1730 g/mol. The van der Waals surface area contributed by atoms with Gasteiger partial charge in [0.15, 0.2) is 26.4 Å². The van der Waals surface area contributed by atoms with Crippen molar-refractivity contribution in [1.82, 2.24) is 25.5 Å². The molecule has 1 saturated heterocycles. The number of fused-ring (bicyclic) bond motifs is 8. The van der Waals surface area contributed by atoms with Crippen molar-refractivity contribution in [3.8, 4) is 23.0 Å². The Hall–Kier alpha value is -8.03. The third kappa shape index (κ3) is 30.3. The molecule has 0 radical (unpaired) electrons. The first-order valence-corrected chi connectivity index (χ1v) is 50.9. The van der Waals surface area contributed by atoms with E-state index in [0.717, 1.165) is 252 Å². The van der Waals surface area contributed by atoms with Gasteiger partial charge in [-0.25, -0.2) is 19.3 Å². The van der Waals surface area contributed by atoms with Crippen LogP contribution in [0.3, 0.4) is 0 Å². The van der Waals surface area contributed by atoms with Crippen molar-refractivity contribution in [1.29, 1.82) is 0 Å². The summed E-state index contributed by atoms with van der Waals surface area (Å²) in [6, 6.07) is 23.5. The maximum absolute atomic E-state index is 13.0. The summed E-state index contributed by atoms with van der Waals surface area (Å²) < 4.78 is 77.2. The van der Waals surface area contributed by atoms with E-state index in [-0.39, 0.29) is 135 Å². The van der Waals surface area contributed by atoms with Gasteiger partial charge in [0, 0.05) is 0 Å². The van der Waals surface area contributed by atoms with Gasteiger partial charge in [-0.3, -0.25) is 14.9 Å². The highest BCUT2D eigenvalue weighted by Crippen LogP contribution is 2.54. The lowest BCUT2D eigenvalue weighted by Gasteiger charge is -2.32. The fourth-order valence-electron chi connectivity index (χ4n) is 22.8. The number of H-pyrrole nitrogens is 1. The van der Waals surface area contributed by atoms with E-state index in [1.54, 1.807) is 6.07 Å². The van der Waals surface area contributed by atoms with E-state index in [9.17, 15) is 78.0 Å². The van der Waals surface area contributed by atoms with E-state index in [2.05, 4.69) is 76.6 Å². The van der Waals surface area contributed by atoms with Crippen LogP contribution in [0.4, 0.5) is 23.9 Å². The van der Waals surface area contributed by atoms with Crippen molar-refractivity contribution in [2.45, 2.75) is 367 Å². The standard InChI is InChI=1S/C29H46O5.C27H39F3O5.C26H37NO6.C24H35N5O4/c1-6-7-8-11-22(30)13-14-23-24-15-20-10-9-12-27(25(20)16-21(24)17-26(23)31)33-18-28(32)34-19(2)29(3,4)5;1-4-5-6-9-19(31)11-12-20-21-13-17-8-7-10-24(22(17)14-18(21)15-23(20)32)34-16-25(33)35-26(2,3)27(28,29)30;1-2-3-4-7-19(28)9-10-20-21-13-17-6-5-8-24(22(17)14-18(21)15-23(20)29)33-16-25(30)27-11-12-32-26(27)31;1-2-3-4-7-17(30)9-10-18-19-11-15-6-5-8-22(20(15)12-16(19)13-21(18)31)33-14-23(32)25-24-26-28-29-27-24/h9-10,12,19,21-24,26,30-31H,6-8,11,13-18H2,1-5H3;7-8,10,18-21,23,31-32H,4-6,9,11-16H2,1-3H3;5-6,8,18-21,23,28-29H,2-4,7,9-16H2,1H3;5-6,8,16-19,21,30-31H,2-4,7,9-14H2,1H3,(H2,25,26,27,28,29,32)/t19-,21-,22-,23+,24-,26+;2*18-,19-,20+,21-,23+;16-,17-,18+,19-,21+/m0000/s1. The fraction of sp³-hybridized carbons (Fsp3) is 0.717.